The Hall–Kier alpha value is -0.970. The molecule has 0 bridgehead atoms. The maximum atomic E-state index is 11.7. The molecule has 0 spiro atoms. The summed E-state index contributed by atoms with van der Waals surface area (Å²) in [5.41, 5.74) is 1.80. The van der Waals surface area contributed by atoms with Gasteiger partial charge in [-0.1, -0.05) is 18.7 Å². The molecule has 5 heteroatoms. The molecule has 1 atom stereocenters. The average Bonchev–Trinajstić information content (AvgIpc) is 2.54. The van der Waals surface area contributed by atoms with Gasteiger partial charge in [-0.2, -0.15) is 5.10 Å². The first-order chi connectivity index (χ1) is 7.17. The highest BCUT2D eigenvalue weighted by Crippen LogP contribution is 2.38. The minimum absolute atomic E-state index is 0.0268. The van der Waals surface area contributed by atoms with Crippen LogP contribution < -0.4 is 5.32 Å². The summed E-state index contributed by atoms with van der Waals surface area (Å²) >= 11 is 1.63. The van der Waals surface area contributed by atoms with Crippen LogP contribution in [0.2, 0.25) is 0 Å². The number of carbonyl (C=O) groups is 1. The summed E-state index contributed by atoms with van der Waals surface area (Å²) < 4.78 is 1.96. The molecule has 2 heterocycles. The Morgan fingerprint density at radius 3 is 2.87 bits per heavy atom. The summed E-state index contributed by atoms with van der Waals surface area (Å²) in [6.45, 7) is 6.86. The first kappa shape index (κ1) is 10.5. The molecule has 1 aromatic rings. The lowest BCUT2D eigenvalue weighted by molar-refractivity contribution is -0.115. The molecule has 1 aliphatic heterocycles. The van der Waals surface area contributed by atoms with Gasteiger partial charge in [0.1, 0.15) is 5.03 Å². The molecule has 0 aliphatic carbocycles. The van der Waals surface area contributed by atoms with Crippen LogP contribution in [0, 0.1) is 6.92 Å². The summed E-state index contributed by atoms with van der Waals surface area (Å²) in [5, 5.41) is 8.46. The Kier molecular flexibility index (Phi) is 2.73. The smallest absolute Gasteiger partial charge is 0.238 e. The molecular weight excluding hydrogens is 210 g/mol. The predicted octanol–water partition coefficient (Wildman–Crippen LogP) is 2.03. The molecule has 0 fully saturated rings. The van der Waals surface area contributed by atoms with Crippen molar-refractivity contribution in [3.8, 4) is 0 Å². The second-order valence-corrected chi connectivity index (χ2v) is 4.78. The van der Waals surface area contributed by atoms with E-state index in [4.69, 9.17) is 0 Å². The lowest BCUT2D eigenvalue weighted by Crippen LogP contribution is -2.28. The molecule has 1 aromatic heterocycles. The standard InChI is InChI=1S/C10H15N3OS/c1-4-7-9(14)11-8-6(3)12-13(5-2)10(8)15-7/h7H,4-5H2,1-3H3,(H,11,14). The Labute approximate surface area is 93.4 Å². The Morgan fingerprint density at radius 2 is 2.27 bits per heavy atom. The van der Waals surface area contributed by atoms with E-state index in [1.54, 1.807) is 11.8 Å². The fourth-order valence-corrected chi connectivity index (χ4v) is 2.91. The molecule has 1 aliphatic rings. The molecular formula is C10H15N3OS. The minimum atomic E-state index is 0.0268. The summed E-state index contributed by atoms with van der Waals surface area (Å²) in [5.74, 6) is 0.105. The Bertz CT molecular complexity index is 400. The van der Waals surface area contributed by atoms with E-state index >= 15 is 0 Å². The third-order valence-electron chi connectivity index (χ3n) is 2.55. The van der Waals surface area contributed by atoms with Crippen LogP contribution in [0.1, 0.15) is 26.0 Å². The second kappa shape index (κ2) is 3.89. The zero-order chi connectivity index (χ0) is 11.0. The number of amides is 1. The van der Waals surface area contributed by atoms with Crippen molar-refractivity contribution in [2.75, 3.05) is 5.32 Å². The van der Waals surface area contributed by atoms with Crippen LogP contribution in [0.3, 0.4) is 0 Å². The van der Waals surface area contributed by atoms with E-state index < -0.39 is 0 Å². The van der Waals surface area contributed by atoms with Crippen LogP contribution in [0.15, 0.2) is 5.03 Å². The van der Waals surface area contributed by atoms with Gasteiger partial charge in [0.2, 0.25) is 5.91 Å². The van der Waals surface area contributed by atoms with Crippen molar-refractivity contribution in [1.29, 1.82) is 0 Å². The number of hydrogen-bond acceptors (Lipinski definition) is 3. The maximum Gasteiger partial charge on any atom is 0.238 e. The van der Waals surface area contributed by atoms with Crippen LogP contribution in [0.4, 0.5) is 5.69 Å². The highest BCUT2D eigenvalue weighted by Gasteiger charge is 2.29. The summed E-state index contributed by atoms with van der Waals surface area (Å²) in [4.78, 5) is 11.7. The number of nitrogens with zero attached hydrogens (tertiary/aromatic N) is 2. The van der Waals surface area contributed by atoms with Crippen LogP contribution in [-0.2, 0) is 11.3 Å². The molecule has 0 saturated heterocycles. The van der Waals surface area contributed by atoms with Gasteiger partial charge in [-0.05, 0) is 20.3 Å². The third kappa shape index (κ3) is 1.65. The van der Waals surface area contributed by atoms with E-state index in [1.807, 2.05) is 18.5 Å². The van der Waals surface area contributed by atoms with Crippen molar-refractivity contribution >= 4 is 23.4 Å². The van der Waals surface area contributed by atoms with Gasteiger partial charge in [-0.15, -0.1) is 0 Å². The van der Waals surface area contributed by atoms with E-state index in [2.05, 4.69) is 17.3 Å². The molecule has 0 radical (unpaired) electrons. The largest absolute Gasteiger partial charge is 0.321 e. The highest BCUT2D eigenvalue weighted by molar-refractivity contribution is 8.00. The zero-order valence-corrected chi connectivity index (χ0v) is 10.0. The molecule has 0 aromatic carbocycles. The van der Waals surface area contributed by atoms with Gasteiger partial charge in [0, 0.05) is 6.54 Å². The topological polar surface area (TPSA) is 46.9 Å². The van der Waals surface area contributed by atoms with Gasteiger partial charge in [0.05, 0.1) is 16.6 Å². The Balaban J connectivity index is 2.42. The van der Waals surface area contributed by atoms with Gasteiger partial charge in [0.15, 0.2) is 0 Å². The van der Waals surface area contributed by atoms with Gasteiger partial charge in [-0.25, -0.2) is 0 Å². The Morgan fingerprint density at radius 1 is 1.53 bits per heavy atom. The van der Waals surface area contributed by atoms with Gasteiger partial charge in [0.25, 0.3) is 0 Å². The van der Waals surface area contributed by atoms with Crippen molar-refractivity contribution in [2.24, 2.45) is 0 Å². The molecule has 2 rings (SSSR count). The molecule has 1 N–H and O–H groups in total. The van der Waals surface area contributed by atoms with Crippen LogP contribution in [0.5, 0.6) is 0 Å². The van der Waals surface area contributed by atoms with Crippen LogP contribution >= 0.6 is 11.8 Å². The number of anilines is 1. The van der Waals surface area contributed by atoms with Gasteiger partial charge < -0.3 is 5.32 Å². The van der Waals surface area contributed by atoms with Gasteiger partial charge >= 0.3 is 0 Å². The SMILES string of the molecule is CCC1Sc2c(c(C)nn2CC)NC1=O. The average molecular weight is 225 g/mol. The fraction of sp³-hybridized carbons (Fsp3) is 0.600. The number of thioether (sulfide) groups is 1. The second-order valence-electron chi connectivity index (χ2n) is 3.59. The molecule has 82 valence electrons. The van der Waals surface area contributed by atoms with E-state index in [-0.39, 0.29) is 11.2 Å². The van der Waals surface area contributed by atoms with Crippen molar-refractivity contribution < 1.29 is 4.79 Å². The molecule has 1 unspecified atom stereocenters. The van der Waals surface area contributed by atoms with Crippen LogP contribution in [0.25, 0.3) is 0 Å². The first-order valence-corrected chi connectivity index (χ1v) is 6.10. The van der Waals surface area contributed by atoms with Crippen LogP contribution in [-0.4, -0.2) is 20.9 Å². The number of nitrogens with one attached hydrogen (secondary N) is 1. The quantitative estimate of drug-likeness (QED) is 0.837. The summed E-state index contributed by atoms with van der Waals surface area (Å²) in [6, 6.07) is 0. The van der Waals surface area contributed by atoms with Crippen molar-refractivity contribution in [2.45, 2.75) is 44.0 Å². The normalized spacial score (nSPS) is 19.9. The van der Waals surface area contributed by atoms with E-state index in [0.29, 0.717) is 0 Å². The monoisotopic (exact) mass is 225 g/mol. The lowest BCUT2D eigenvalue weighted by atomic mass is 10.3. The maximum absolute atomic E-state index is 11.7. The van der Waals surface area contributed by atoms with E-state index in [0.717, 1.165) is 29.4 Å². The number of aromatic nitrogens is 2. The van der Waals surface area contributed by atoms with Crippen molar-refractivity contribution in [3.63, 3.8) is 0 Å². The van der Waals surface area contributed by atoms with Gasteiger partial charge in [-0.3, -0.25) is 9.48 Å². The highest BCUT2D eigenvalue weighted by atomic mass is 32.2. The first-order valence-electron chi connectivity index (χ1n) is 5.22. The van der Waals surface area contributed by atoms with Crippen molar-refractivity contribution in [1.82, 2.24) is 9.78 Å². The van der Waals surface area contributed by atoms with E-state index in [9.17, 15) is 4.79 Å². The third-order valence-corrected chi connectivity index (χ3v) is 4.02. The predicted molar refractivity (Wildman–Crippen MR) is 61.2 cm³/mol. The number of fused-ring (bicyclic) bond motifs is 1. The number of aryl methyl sites for hydroxylation is 2. The molecule has 4 nitrogen and oxygen atoms in total. The molecule has 15 heavy (non-hydrogen) atoms. The summed E-state index contributed by atoms with van der Waals surface area (Å²) in [7, 11) is 0. The van der Waals surface area contributed by atoms with E-state index in [1.165, 1.54) is 0 Å². The number of hydrogen-bond donors (Lipinski definition) is 1. The minimum Gasteiger partial charge on any atom is -0.321 e. The molecule has 0 saturated carbocycles. The summed E-state index contributed by atoms with van der Waals surface area (Å²) in [6.07, 6.45) is 0.851. The number of rotatable bonds is 2. The fourth-order valence-electron chi connectivity index (χ4n) is 1.70. The van der Waals surface area contributed by atoms with Crippen molar-refractivity contribution in [3.05, 3.63) is 5.69 Å². The lowest BCUT2D eigenvalue weighted by Gasteiger charge is -2.21. The zero-order valence-electron chi connectivity index (χ0n) is 9.20. The molecule has 1 amide bonds. The number of carbonyl (C=O) groups excluding carboxylic acids is 1.